The fourth-order valence-electron chi connectivity index (χ4n) is 3.42. The molecule has 25 heavy (non-hydrogen) atoms. The number of rotatable bonds is 4. The molecule has 1 aliphatic heterocycles. The van der Waals surface area contributed by atoms with Crippen molar-refractivity contribution >= 4 is 33.5 Å². The molecule has 0 saturated carbocycles. The van der Waals surface area contributed by atoms with Crippen molar-refractivity contribution in [2.75, 3.05) is 6.54 Å². The maximum absolute atomic E-state index is 12.7. The van der Waals surface area contributed by atoms with E-state index in [-0.39, 0.29) is 5.91 Å². The van der Waals surface area contributed by atoms with Crippen molar-refractivity contribution < 1.29 is 4.79 Å². The second-order valence-corrected chi connectivity index (χ2v) is 7.43. The maximum Gasteiger partial charge on any atom is 0.246 e. The molecule has 3 nitrogen and oxygen atoms in total. The highest BCUT2D eigenvalue weighted by Crippen LogP contribution is 2.24. The van der Waals surface area contributed by atoms with Crippen molar-refractivity contribution in [1.29, 1.82) is 0 Å². The van der Waals surface area contributed by atoms with Crippen molar-refractivity contribution in [3.8, 4) is 0 Å². The number of carbonyl (C=O) groups excluding carboxylic acids is 1. The number of hydrogen-bond donors (Lipinski definition) is 0. The first kappa shape index (κ1) is 16.0. The largest absolute Gasteiger partial charge is 0.336 e. The van der Waals surface area contributed by atoms with Gasteiger partial charge in [-0.05, 0) is 43.0 Å². The molecule has 1 unspecified atom stereocenters. The third kappa shape index (κ3) is 3.64. The van der Waals surface area contributed by atoms with Gasteiger partial charge in [-0.3, -0.25) is 4.79 Å². The lowest BCUT2D eigenvalue weighted by Crippen LogP contribution is -2.35. The number of benzene rings is 2. The molecule has 2 heterocycles. The Morgan fingerprint density at radius 2 is 1.96 bits per heavy atom. The van der Waals surface area contributed by atoms with E-state index in [0.717, 1.165) is 41.0 Å². The Bertz CT molecular complexity index is 867. The summed E-state index contributed by atoms with van der Waals surface area (Å²) >= 11 is 1.62. The minimum Gasteiger partial charge on any atom is -0.336 e. The van der Waals surface area contributed by atoms with Gasteiger partial charge >= 0.3 is 0 Å². The molecule has 3 aromatic rings. The lowest BCUT2D eigenvalue weighted by atomic mass is 10.0. The van der Waals surface area contributed by atoms with Crippen LogP contribution in [0.25, 0.3) is 16.3 Å². The van der Waals surface area contributed by atoms with Gasteiger partial charge < -0.3 is 4.90 Å². The van der Waals surface area contributed by atoms with Crippen molar-refractivity contribution in [3.63, 3.8) is 0 Å². The summed E-state index contributed by atoms with van der Waals surface area (Å²) in [6, 6.07) is 18.8. The van der Waals surface area contributed by atoms with Crippen molar-refractivity contribution in [2.24, 2.45) is 0 Å². The van der Waals surface area contributed by atoms with E-state index in [9.17, 15) is 4.79 Å². The highest BCUT2D eigenvalue weighted by molar-refractivity contribution is 7.19. The number of hydrogen-bond acceptors (Lipinski definition) is 3. The van der Waals surface area contributed by atoms with Crippen molar-refractivity contribution in [3.05, 3.63) is 71.2 Å². The third-order valence-corrected chi connectivity index (χ3v) is 5.65. The van der Waals surface area contributed by atoms with Gasteiger partial charge in [0.2, 0.25) is 5.91 Å². The predicted molar refractivity (Wildman–Crippen MR) is 104 cm³/mol. The minimum atomic E-state index is 0.0951. The summed E-state index contributed by atoms with van der Waals surface area (Å²) in [4.78, 5) is 19.2. The molecular weight excluding hydrogens is 328 g/mol. The molecule has 0 radical (unpaired) electrons. The van der Waals surface area contributed by atoms with E-state index < -0.39 is 0 Å². The smallest absolute Gasteiger partial charge is 0.246 e. The average Bonchev–Trinajstić information content (AvgIpc) is 3.27. The van der Waals surface area contributed by atoms with E-state index in [1.807, 2.05) is 35.2 Å². The van der Waals surface area contributed by atoms with Gasteiger partial charge in [0.05, 0.1) is 10.2 Å². The van der Waals surface area contributed by atoms with Crippen molar-refractivity contribution in [2.45, 2.75) is 25.3 Å². The number of thiazole rings is 1. The molecule has 2 aromatic carbocycles. The van der Waals surface area contributed by atoms with E-state index >= 15 is 0 Å². The first-order valence-corrected chi connectivity index (χ1v) is 9.49. The fourth-order valence-corrected chi connectivity index (χ4v) is 4.29. The van der Waals surface area contributed by atoms with Crippen LogP contribution in [0.4, 0.5) is 0 Å². The number of para-hydroxylation sites is 1. The molecule has 0 N–H and O–H groups in total. The van der Waals surface area contributed by atoms with Crippen LogP contribution in [-0.4, -0.2) is 28.4 Å². The van der Waals surface area contributed by atoms with E-state index in [1.54, 1.807) is 17.4 Å². The Morgan fingerprint density at radius 3 is 2.80 bits per heavy atom. The van der Waals surface area contributed by atoms with Crippen LogP contribution in [-0.2, 0) is 11.2 Å². The molecule has 126 valence electrons. The third-order valence-electron chi connectivity index (χ3n) is 4.65. The van der Waals surface area contributed by atoms with Gasteiger partial charge in [-0.1, -0.05) is 42.5 Å². The zero-order valence-electron chi connectivity index (χ0n) is 14.0. The molecule has 0 spiro atoms. The first-order chi connectivity index (χ1) is 12.3. The lowest BCUT2D eigenvalue weighted by Gasteiger charge is -2.23. The summed E-state index contributed by atoms with van der Waals surface area (Å²) < 4.78 is 1.15. The summed E-state index contributed by atoms with van der Waals surface area (Å²) in [5.74, 6) is 0.0951. The molecule has 0 aliphatic carbocycles. The van der Waals surface area contributed by atoms with Crippen LogP contribution in [0.1, 0.15) is 23.4 Å². The highest BCUT2D eigenvalue weighted by Gasteiger charge is 2.27. The van der Waals surface area contributed by atoms with Crippen LogP contribution in [0.3, 0.4) is 0 Å². The molecule has 1 fully saturated rings. The standard InChI is InChI=1S/C21H20N2OS/c24-21(13-12-20-22-18-10-4-5-11-19(18)25-20)23-14-6-9-17(23)15-16-7-2-1-3-8-16/h1-5,7-8,10-13,17H,6,9,14-15H2/b13-12+. The zero-order valence-corrected chi connectivity index (χ0v) is 14.8. The molecule has 1 atom stereocenters. The van der Waals surface area contributed by atoms with Gasteiger partial charge in [-0.15, -0.1) is 11.3 Å². The summed E-state index contributed by atoms with van der Waals surface area (Å²) in [5.41, 5.74) is 2.28. The molecular formula is C21H20N2OS. The van der Waals surface area contributed by atoms with Gasteiger partial charge in [0, 0.05) is 18.7 Å². The molecule has 4 heteroatoms. The van der Waals surface area contributed by atoms with Gasteiger partial charge in [0.1, 0.15) is 5.01 Å². The zero-order chi connectivity index (χ0) is 17.1. The average molecular weight is 348 g/mol. The topological polar surface area (TPSA) is 33.2 Å². The van der Waals surface area contributed by atoms with Gasteiger partial charge in [0.15, 0.2) is 0 Å². The molecule has 1 amide bonds. The minimum absolute atomic E-state index is 0.0951. The number of carbonyl (C=O) groups is 1. The van der Waals surface area contributed by atoms with Crippen LogP contribution in [0.15, 0.2) is 60.7 Å². The van der Waals surface area contributed by atoms with Gasteiger partial charge in [0.25, 0.3) is 0 Å². The van der Waals surface area contributed by atoms with Crippen LogP contribution >= 0.6 is 11.3 Å². The normalized spacial score (nSPS) is 17.6. The fraction of sp³-hybridized carbons (Fsp3) is 0.238. The summed E-state index contributed by atoms with van der Waals surface area (Å²) in [7, 11) is 0. The van der Waals surface area contributed by atoms with Gasteiger partial charge in [-0.25, -0.2) is 4.98 Å². The molecule has 1 aromatic heterocycles. The Morgan fingerprint density at radius 1 is 1.16 bits per heavy atom. The number of fused-ring (bicyclic) bond motifs is 1. The van der Waals surface area contributed by atoms with Crippen LogP contribution in [0.5, 0.6) is 0 Å². The van der Waals surface area contributed by atoms with E-state index in [0.29, 0.717) is 6.04 Å². The Kier molecular flexibility index (Phi) is 4.61. The maximum atomic E-state index is 12.7. The number of likely N-dealkylation sites (tertiary alicyclic amines) is 1. The Hall–Kier alpha value is -2.46. The van der Waals surface area contributed by atoms with E-state index in [1.165, 1.54) is 5.56 Å². The first-order valence-electron chi connectivity index (χ1n) is 8.68. The Balaban J connectivity index is 1.45. The summed E-state index contributed by atoms with van der Waals surface area (Å²) in [6.45, 7) is 0.848. The van der Waals surface area contributed by atoms with E-state index in [2.05, 4.69) is 35.3 Å². The highest BCUT2D eigenvalue weighted by atomic mass is 32.1. The second-order valence-electron chi connectivity index (χ2n) is 6.37. The van der Waals surface area contributed by atoms with Crippen LogP contribution in [0, 0.1) is 0 Å². The summed E-state index contributed by atoms with van der Waals surface area (Å²) in [6.07, 6.45) is 6.63. The second kappa shape index (κ2) is 7.19. The van der Waals surface area contributed by atoms with Gasteiger partial charge in [-0.2, -0.15) is 0 Å². The molecule has 4 rings (SSSR count). The number of amides is 1. The quantitative estimate of drug-likeness (QED) is 0.648. The molecule has 1 saturated heterocycles. The molecule has 0 bridgehead atoms. The van der Waals surface area contributed by atoms with E-state index in [4.69, 9.17) is 0 Å². The lowest BCUT2D eigenvalue weighted by molar-refractivity contribution is -0.126. The van der Waals surface area contributed by atoms with Crippen LogP contribution < -0.4 is 0 Å². The van der Waals surface area contributed by atoms with Crippen LogP contribution in [0.2, 0.25) is 0 Å². The van der Waals surface area contributed by atoms with Crippen molar-refractivity contribution in [1.82, 2.24) is 9.88 Å². The Labute approximate surface area is 151 Å². The molecule has 1 aliphatic rings. The number of nitrogens with zero attached hydrogens (tertiary/aromatic N) is 2. The number of aromatic nitrogens is 1. The summed E-state index contributed by atoms with van der Waals surface area (Å²) in [5, 5.41) is 0.883. The SMILES string of the molecule is O=C(/C=C/c1nc2ccccc2s1)N1CCCC1Cc1ccccc1. The monoisotopic (exact) mass is 348 g/mol. The predicted octanol–water partition coefficient (Wildman–Crippen LogP) is 4.54.